The molecule has 0 unspecified atom stereocenters. The van der Waals surface area contributed by atoms with Crippen molar-refractivity contribution in [3.63, 3.8) is 0 Å². The van der Waals surface area contributed by atoms with Crippen molar-refractivity contribution in [2.45, 2.75) is 39.2 Å². The SMILES string of the molecule is CCC(C)(C)n1c(CCCl)nc2c(OC)cccc21. The van der Waals surface area contributed by atoms with Crippen LogP contribution < -0.4 is 4.74 Å². The van der Waals surface area contributed by atoms with Crippen molar-refractivity contribution in [1.82, 2.24) is 9.55 Å². The Balaban J connectivity index is 2.74. The summed E-state index contributed by atoms with van der Waals surface area (Å²) in [4.78, 5) is 4.74. The molecule has 2 rings (SSSR count). The Morgan fingerprint density at radius 3 is 2.68 bits per heavy atom. The number of rotatable bonds is 5. The number of hydrogen-bond donors (Lipinski definition) is 0. The number of nitrogens with zero attached hydrogens (tertiary/aromatic N) is 2. The van der Waals surface area contributed by atoms with Gasteiger partial charge in [-0.05, 0) is 32.4 Å². The van der Waals surface area contributed by atoms with Crippen molar-refractivity contribution in [1.29, 1.82) is 0 Å². The molecule has 19 heavy (non-hydrogen) atoms. The van der Waals surface area contributed by atoms with Gasteiger partial charge in [0.05, 0.1) is 12.6 Å². The van der Waals surface area contributed by atoms with Gasteiger partial charge in [0.2, 0.25) is 0 Å². The number of alkyl halides is 1. The molecule has 0 saturated heterocycles. The zero-order chi connectivity index (χ0) is 14.0. The number of imidazole rings is 1. The maximum absolute atomic E-state index is 5.92. The van der Waals surface area contributed by atoms with Gasteiger partial charge in [-0.25, -0.2) is 4.98 Å². The molecular formula is C15H21ClN2O. The largest absolute Gasteiger partial charge is 0.494 e. The van der Waals surface area contributed by atoms with Gasteiger partial charge in [0.25, 0.3) is 0 Å². The molecule has 4 heteroatoms. The van der Waals surface area contributed by atoms with E-state index in [0.29, 0.717) is 5.88 Å². The Morgan fingerprint density at radius 1 is 1.37 bits per heavy atom. The lowest BCUT2D eigenvalue weighted by Gasteiger charge is -2.28. The second kappa shape index (κ2) is 5.41. The summed E-state index contributed by atoms with van der Waals surface area (Å²) in [6.45, 7) is 6.65. The average Bonchev–Trinajstić information content (AvgIpc) is 2.77. The standard InChI is InChI=1S/C15H21ClN2O/c1-5-15(2,3)18-11-7-6-8-12(19-4)14(11)17-13(18)9-10-16/h6-8H,5,9-10H2,1-4H3. The Bertz CT molecular complexity index is 575. The third-order valence-electron chi connectivity index (χ3n) is 3.73. The average molecular weight is 281 g/mol. The fourth-order valence-corrected chi connectivity index (χ4v) is 2.54. The molecule has 104 valence electrons. The summed E-state index contributed by atoms with van der Waals surface area (Å²) in [5.41, 5.74) is 2.06. The van der Waals surface area contributed by atoms with E-state index in [-0.39, 0.29) is 5.54 Å². The summed E-state index contributed by atoms with van der Waals surface area (Å²) >= 11 is 5.92. The zero-order valence-electron chi connectivity index (χ0n) is 12.0. The van der Waals surface area contributed by atoms with Gasteiger partial charge < -0.3 is 9.30 Å². The number of aromatic nitrogens is 2. The molecule has 0 aliphatic carbocycles. The first-order valence-corrected chi connectivity index (χ1v) is 7.19. The van der Waals surface area contributed by atoms with Crippen LogP contribution in [-0.4, -0.2) is 22.5 Å². The van der Waals surface area contributed by atoms with Crippen LogP contribution in [0.25, 0.3) is 11.0 Å². The van der Waals surface area contributed by atoms with Crippen molar-refractivity contribution in [3.8, 4) is 5.75 Å². The van der Waals surface area contributed by atoms with E-state index in [9.17, 15) is 0 Å². The maximum atomic E-state index is 5.92. The number of aryl methyl sites for hydroxylation is 1. The van der Waals surface area contributed by atoms with Crippen LogP contribution in [0.1, 0.15) is 33.0 Å². The number of methoxy groups -OCH3 is 1. The summed E-state index contributed by atoms with van der Waals surface area (Å²) in [5.74, 6) is 2.42. The summed E-state index contributed by atoms with van der Waals surface area (Å²) in [6.07, 6.45) is 1.80. The molecule has 1 aromatic heterocycles. The van der Waals surface area contributed by atoms with Gasteiger partial charge in [0, 0.05) is 17.8 Å². The molecule has 0 amide bonds. The number of para-hydroxylation sites is 1. The summed E-state index contributed by atoms with van der Waals surface area (Å²) in [6, 6.07) is 6.05. The van der Waals surface area contributed by atoms with E-state index < -0.39 is 0 Å². The van der Waals surface area contributed by atoms with Crippen LogP contribution in [0.5, 0.6) is 5.75 Å². The maximum Gasteiger partial charge on any atom is 0.146 e. The first-order chi connectivity index (χ1) is 9.05. The summed E-state index contributed by atoms with van der Waals surface area (Å²) in [5, 5.41) is 0. The van der Waals surface area contributed by atoms with E-state index in [4.69, 9.17) is 21.3 Å². The van der Waals surface area contributed by atoms with E-state index >= 15 is 0 Å². The fourth-order valence-electron chi connectivity index (χ4n) is 2.37. The summed E-state index contributed by atoms with van der Waals surface area (Å²) in [7, 11) is 1.68. The van der Waals surface area contributed by atoms with Crippen molar-refractivity contribution >= 4 is 22.6 Å². The number of halogens is 1. The Hall–Kier alpha value is -1.22. The van der Waals surface area contributed by atoms with Crippen LogP contribution in [0.3, 0.4) is 0 Å². The first kappa shape index (κ1) is 14.2. The molecule has 3 nitrogen and oxygen atoms in total. The molecule has 0 aliphatic rings. The predicted molar refractivity (Wildman–Crippen MR) is 80.3 cm³/mol. The van der Waals surface area contributed by atoms with Crippen LogP contribution >= 0.6 is 11.6 Å². The minimum atomic E-state index is 0.0164. The van der Waals surface area contributed by atoms with Gasteiger partial charge in [0.15, 0.2) is 0 Å². The molecule has 0 atom stereocenters. The third kappa shape index (κ3) is 2.44. The van der Waals surface area contributed by atoms with Crippen LogP contribution in [0.15, 0.2) is 18.2 Å². The van der Waals surface area contributed by atoms with E-state index in [1.165, 1.54) is 0 Å². The molecule has 0 radical (unpaired) electrons. The molecule has 2 aromatic rings. The molecular weight excluding hydrogens is 260 g/mol. The van der Waals surface area contributed by atoms with Crippen LogP contribution in [0, 0.1) is 0 Å². The fraction of sp³-hybridized carbons (Fsp3) is 0.533. The molecule has 1 heterocycles. The Morgan fingerprint density at radius 2 is 2.11 bits per heavy atom. The summed E-state index contributed by atoms with van der Waals surface area (Å²) < 4.78 is 7.71. The highest BCUT2D eigenvalue weighted by Gasteiger charge is 2.25. The number of hydrogen-bond acceptors (Lipinski definition) is 2. The van der Waals surface area contributed by atoms with E-state index in [2.05, 4.69) is 31.4 Å². The van der Waals surface area contributed by atoms with Crippen LogP contribution in [0.4, 0.5) is 0 Å². The van der Waals surface area contributed by atoms with Crippen molar-refractivity contribution < 1.29 is 4.74 Å². The normalized spacial score (nSPS) is 12.1. The van der Waals surface area contributed by atoms with Gasteiger partial charge in [-0.2, -0.15) is 0 Å². The minimum absolute atomic E-state index is 0.0164. The highest BCUT2D eigenvalue weighted by molar-refractivity contribution is 6.17. The van der Waals surface area contributed by atoms with Gasteiger partial charge in [0.1, 0.15) is 17.1 Å². The number of ether oxygens (including phenoxy) is 1. The molecule has 1 aromatic carbocycles. The molecule has 0 spiro atoms. The van der Waals surface area contributed by atoms with Gasteiger partial charge >= 0.3 is 0 Å². The highest BCUT2D eigenvalue weighted by atomic mass is 35.5. The van der Waals surface area contributed by atoms with Crippen molar-refractivity contribution in [3.05, 3.63) is 24.0 Å². The van der Waals surface area contributed by atoms with Crippen LogP contribution in [0.2, 0.25) is 0 Å². The number of benzene rings is 1. The first-order valence-electron chi connectivity index (χ1n) is 6.66. The van der Waals surface area contributed by atoms with Gasteiger partial charge in [-0.1, -0.05) is 13.0 Å². The molecule has 0 bridgehead atoms. The Labute approximate surface area is 119 Å². The lowest BCUT2D eigenvalue weighted by molar-refractivity contribution is 0.342. The second-order valence-corrected chi connectivity index (χ2v) is 5.67. The predicted octanol–water partition coefficient (Wildman–Crippen LogP) is 3.97. The van der Waals surface area contributed by atoms with Crippen LogP contribution in [-0.2, 0) is 12.0 Å². The zero-order valence-corrected chi connectivity index (χ0v) is 12.8. The smallest absolute Gasteiger partial charge is 0.146 e. The molecule has 0 N–H and O–H groups in total. The third-order valence-corrected chi connectivity index (χ3v) is 3.92. The second-order valence-electron chi connectivity index (χ2n) is 5.30. The topological polar surface area (TPSA) is 27.1 Å². The molecule has 0 fully saturated rings. The molecule has 0 saturated carbocycles. The minimum Gasteiger partial charge on any atom is -0.494 e. The van der Waals surface area contributed by atoms with E-state index in [0.717, 1.165) is 35.4 Å². The van der Waals surface area contributed by atoms with Crippen molar-refractivity contribution in [2.75, 3.05) is 13.0 Å². The lowest BCUT2D eigenvalue weighted by Crippen LogP contribution is -2.27. The van der Waals surface area contributed by atoms with Gasteiger partial charge in [-0.15, -0.1) is 11.6 Å². The van der Waals surface area contributed by atoms with Gasteiger partial charge in [-0.3, -0.25) is 0 Å². The van der Waals surface area contributed by atoms with Crippen molar-refractivity contribution in [2.24, 2.45) is 0 Å². The number of fused-ring (bicyclic) bond motifs is 1. The molecule has 0 aliphatic heterocycles. The Kier molecular flexibility index (Phi) is 4.04. The quantitative estimate of drug-likeness (QED) is 0.775. The monoisotopic (exact) mass is 280 g/mol. The van der Waals surface area contributed by atoms with E-state index in [1.807, 2.05) is 12.1 Å². The highest BCUT2D eigenvalue weighted by Crippen LogP contribution is 2.32. The van der Waals surface area contributed by atoms with E-state index in [1.54, 1.807) is 7.11 Å². The lowest BCUT2D eigenvalue weighted by atomic mass is 10.0.